The van der Waals surface area contributed by atoms with Crippen molar-refractivity contribution < 1.29 is 13.2 Å². The molecule has 2 aromatic carbocycles. The molecule has 1 heterocycles. The van der Waals surface area contributed by atoms with Crippen LogP contribution in [0.1, 0.15) is 0 Å². The zero-order valence-corrected chi connectivity index (χ0v) is 15.9. The van der Waals surface area contributed by atoms with Gasteiger partial charge in [0.2, 0.25) is 0 Å². The number of hydrogen-bond donors (Lipinski definition) is 0. The number of halogens is 2. The number of methoxy groups -OCH3 is 1. The van der Waals surface area contributed by atoms with Crippen LogP contribution in [-0.2, 0) is 9.84 Å². The first-order valence-corrected chi connectivity index (χ1v) is 9.97. The minimum Gasteiger partial charge on any atom is -0.494 e. The quantitative estimate of drug-likeness (QED) is 0.633. The Hall–Kier alpha value is -1.95. The van der Waals surface area contributed by atoms with E-state index < -0.39 is 9.84 Å². The lowest BCUT2D eigenvalue weighted by Gasteiger charge is -2.13. The molecule has 0 aliphatic heterocycles. The minimum absolute atomic E-state index is 0.278. The van der Waals surface area contributed by atoms with Gasteiger partial charge in [-0.1, -0.05) is 23.2 Å². The molecule has 3 rings (SSSR count). The lowest BCUT2D eigenvalue weighted by molar-refractivity contribution is 0.415. The molecular weight excluding hydrogens is 381 g/mol. The molecule has 4 nitrogen and oxygen atoms in total. The van der Waals surface area contributed by atoms with Crippen LogP contribution in [0.3, 0.4) is 0 Å². The molecule has 0 saturated carbocycles. The SMILES string of the molecule is COc1c(Cl)cc(-c2cccn2-c2ccc(S(C)(=O)=O)cc2)cc1Cl. The van der Waals surface area contributed by atoms with Gasteiger partial charge in [-0.3, -0.25) is 0 Å². The van der Waals surface area contributed by atoms with Gasteiger partial charge in [-0.2, -0.15) is 0 Å². The summed E-state index contributed by atoms with van der Waals surface area (Å²) in [5.74, 6) is 0.433. The van der Waals surface area contributed by atoms with Crippen molar-refractivity contribution in [2.45, 2.75) is 4.90 Å². The number of nitrogens with zero attached hydrogens (tertiary/aromatic N) is 1. The fraction of sp³-hybridized carbons (Fsp3) is 0.111. The average molecular weight is 396 g/mol. The zero-order valence-electron chi connectivity index (χ0n) is 13.5. The first-order valence-electron chi connectivity index (χ1n) is 7.32. The highest BCUT2D eigenvalue weighted by molar-refractivity contribution is 7.90. The van der Waals surface area contributed by atoms with E-state index in [0.29, 0.717) is 15.8 Å². The predicted molar refractivity (Wildman–Crippen MR) is 101 cm³/mol. The summed E-state index contributed by atoms with van der Waals surface area (Å²) in [7, 11) is -1.71. The highest BCUT2D eigenvalue weighted by atomic mass is 35.5. The van der Waals surface area contributed by atoms with E-state index in [1.165, 1.54) is 13.4 Å². The lowest BCUT2D eigenvalue weighted by atomic mass is 10.1. The highest BCUT2D eigenvalue weighted by Crippen LogP contribution is 2.37. The van der Waals surface area contributed by atoms with Gasteiger partial charge in [0.15, 0.2) is 15.6 Å². The Labute approximate surface area is 156 Å². The van der Waals surface area contributed by atoms with Crippen molar-refractivity contribution in [2.24, 2.45) is 0 Å². The van der Waals surface area contributed by atoms with Crippen LogP contribution in [-0.4, -0.2) is 26.4 Å². The topological polar surface area (TPSA) is 48.3 Å². The Balaban J connectivity index is 2.07. The maximum absolute atomic E-state index is 11.6. The maximum Gasteiger partial charge on any atom is 0.175 e. The van der Waals surface area contributed by atoms with Crippen LogP contribution in [0.4, 0.5) is 0 Å². The molecule has 0 bridgehead atoms. The van der Waals surface area contributed by atoms with Gasteiger partial charge in [0, 0.05) is 23.7 Å². The van der Waals surface area contributed by atoms with Gasteiger partial charge >= 0.3 is 0 Å². The smallest absolute Gasteiger partial charge is 0.175 e. The van der Waals surface area contributed by atoms with E-state index in [1.54, 1.807) is 36.4 Å². The van der Waals surface area contributed by atoms with Crippen LogP contribution in [0.2, 0.25) is 10.0 Å². The van der Waals surface area contributed by atoms with Crippen LogP contribution in [0.25, 0.3) is 16.9 Å². The van der Waals surface area contributed by atoms with Crippen LogP contribution >= 0.6 is 23.2 Å². The lowest BCUT2D eigenvalue weighted by Crippen LogP contribution is -1.99. The van der Waals surface area contributed by atoms with Crippen molar-refractivity contribution in [3.63, 3.8) is 0 Å². The molecule has 0 amide bonds. The van der Waals surface area contributed by atoms with Crippen LogP contribution in [0, 0.1) is 0 Å². The monoisotopic (exact) mass is 395 g/mol. The summed E-state index contributed by atoms with van der Waals surface area (Å²) < 4.78 is 30.3. The van der Waals surface area contributed by atoms with Gasteiger partial charge in [-0.05, 0) is 48.5 Å². The second-order valence-electron chi connectivity index (χ2n) is 5.50. The molecular formula is C18H15Cl2NO3S. The van der Waals surface area contributed by atoms with E-state index in [1.807, 2.05) is 22.9 Å². The van der Waals surface area contributed by atoms with Crippen molar-refractivity contribution in [1.29, 1.82) is 0 Å². The van der Waals surface area contributed by atoms with E-state index >= 15 is 0 Å². The highest BCUT2D eigenvalue weighted by Gasteiger charge is 2.13. The molecule has 0 fully saturated rings. The largest absolute Gasteiger partial charge is 0.494 e. The average Bonchev–Trinajstić information content (AvgIpc) is 3.03. The summed E-state index contributed by atoms with van der Waals surface area (Å²) in [6.45, 7) is 0. The first-order chi connectivity index (χ1) is 11.8. The number of aromatic nitrogens is 1. The second kappa shape index (κ2) is 6.75. The molecule has 0 spiro atoms. The van der Waals surface area contributed by atoms with Crippen LogP contribution in [0.15, 0.2) is 59.6 Å². The van der Waals surface area contributed by atoms with Gasteiger partial charge < -0.3 is 9.30 Å². The van der Waals surface area contributed by atoms with Crippen LogP contribution < -0.4 is 4.74 Å². The number of rotatable bonds is 4. The van der Waals surface area contributed by atoms with E-state index in [-0.39, 0.29) is 4.90 Å². The van der Waals surface area contributed by atoms with Gasteiger partial charge in [0.25, 0.3) is 0 Å². The second-order valence-corrected chi connectivity index (χ2v) is 8.33. The van der Waals surface area contributed by atoms with E-state index in [9.17, 15) is 8.42 Å². The molecule has 0 atom stereocenters. The van der Waals surface area contributed by atoms with Crippen molar-refractivity contribution in [3.05, 3.63) is 64.8 Å². The van der Waals surface area contributed by atoms with E-state index in [0.717, 1.165) is 16.9 Å². The fourth-order valence-corrected chi connectivity index (χ4v) is 3.87. The molecule has 0 aliphatic carbocycles. The third kappa shape index (κ3) is 3.54. The summed E-state index contributed by atoms with van der Waals surface area (Å²) >= 11 is 12.5. The molecule has 1 aromatic heterocycles. The Kier molecular flexibility index (Phi) is 4.82. The zero-order chi connectivity index (χ0) is 18.2. The van der Waals surface area contributed by atoms with Crippen molar-refractivity contribution >= 4 is 33.0 Å². The fourth-order valence-electron chi connectivity index (χ4n) is 2.60. The van der Waals surface area contributed by atoms with Gasteiger partial charge in [-0.15, -0.1) is 0 Å². The molecule has 25 heavy (non-hydrogen) atoms. The number of ether oxygens (including phenoxy) is 1. The van der Waals surface area contributed by atoms with Gasteiger partial charge in [0.1, 0.15) is 0 Å². The maximum atomic E-state index is 11.6. The molecule has 0 aliphatic rings. The summed E-state index contributed by atoms with van der Waals surface area (Å²) in [5.41, 5.74) is 2.53. The standard InChI is InChI=1S/C18H15Cl2NO3S/c1-24-18-15(19)10-12(11-16(18)20)17-4-3-9-21(17)13-5-7-14(8-6-13)25(2,22)23/h3-11H,1-2H3. The first kappa shape index (κ1) is 17.9. The molecule has 130 valence electrons. The number of benzene rings is 2. The Bertz CT molecular complexity index is 1000. The molecule has 0 N–H and O–H groups in total. The molecule has 0 unspecified atom stereocenters. The predicted octanol–water partition coefficient (Wildman–Crippen LogP) is 4.86. The summed E-state index contributed by atoms with van der Waals surface area (Å²) in [6.07, 6.45) is 3.07. The molecule has 0 saturated heterocycles. The van der Waals surface area contributed by atoms with Gasteiger partial charge in [-0.25, -0.2) is 8.42 Å². The number of sulfone groups is 1. The molecule has 0 radical (unpaired) electrons. The van der Waals surface area contributed by atoms with Crippen molar-refractivity contribution in [3.8, 4) is 22.7 Å². The van der Waals surface area contributed by atoms with Crippen molar-refractivity contribution in [1.82, 2.24) is 4.57 Å². The summed E-state index contributed by atoms with van der Waals surface area (Å²) in [6, 6.07) is 14.1. The third-order valence-electron chi connectivity index (χ3n) is 3.79. The van der Waals surface area contributed by atoms with Gasteiger partial charge in [0.05, 0.1) is 27.7 Å². The van der Waals surface area contributed by atoms with E-state index in [4.69, 9.17) is 27.9 Å². The minimum atomic E-state index is -3.23. The van der Waals surface area contributed by atoms with Crippen molar-refractivity contribution in [2.75, 3.05) is 13.4 Å². The Morgan fingerprint density at radius 2 is 1.60 bits per heavy atom. The summed E-state index contributed by atoms with van der Waals surface area (Å²) in [5, 5.41) is 0.843. The number of hydrogen-bond acceptors (Lipinski definition) is 3. The normalized spacial score (nSPS) is 11.5. The Morgan fingerprint density at radius 3 is 2.12 bits per heavy atom. The third-order valence-corrected chi connectivity index (χ3v) is 5.48. The molecule has 3 aromatic rings. The van der Waals surface area contributed by atoms with Crippen LogP contribution in [0.5, 0.6) is 5.75 Å². The molecule has 7 heteroatoms. The summed E-state index contributed by atoms with van der Waals surface area (Å²) in [4.78, 5) is 0.278. The Morgan fingerprint density at radius 1 is 1.00 bits per heavy atom. The van der Waals surface area contributed by atoms with E-state index in [2.05, 4.69) is 0 Å².